The van der Waals surface area contributed by atoms with E-state index in [-0.39, 0.29) is 23.0 Å². The second-order valence-electron chi connectivity index (χ2n) is 6.96. The fraction of sp³-hybridized carbons (Fsp3) is 0.583. The molecular weight excluding hydrogens is 534 g/mol. The van der Waals surface area contributed by atoms with E-state index in [1.165, 1.54) is 7.11 Å². The summed E-state index contributed by atoms with van der Waals surface area (Å²) in [5, 5.41) is 10.7. The highest BCUT2D eigenvalue weighted by molar-refractivity contribution is 7.66. The molecule has 1 saturated heterocycles. The number of nitrogens with two attached hydrogens (primary N) is 1. The van der Waals surface area contributed by atoms with Crippen molar-refractivity contribution in [2.45, 2.75) is 31.0 Å². The van der Waals surface area contributed by atoms with Crippen molar-refractivity contribution < 1.29 is 65.4 Å². The maximum absolute atomic E-state index is 15.0. The summed E-state index contributed by atoms with van der Waals surface area (Å²) in [7, 11) is -15.6. The molecule has 3 heterocycles. The van der Waals surface area contributed by atoms with E-state index < -0.39 is 54.2 Å². The molecule has 22 heteroatoms. The normalized spacial score (nSPS) is 29.1. The minimum absolute atomic E-state index is 0.00430. The van der Waals surface area contributed by atoms with Gasteiger partial charge in [-0.3, -0.25) is 9.09 Å². The Morgan fingerprint density at radius 1 is 1.21 bits per heavy atom. The van der Waals surface area contributed by atoms with Crippen LogP contribution >= 0.6 is 23.5 Å². The van der Waals surface area contributed by atoms with Crippen molar-refractivity contribution in [3.63, 3.8) is 0 Å². The zero-order valence-corrected chi connectivity index (χ0v) is 19.8. The van der Waals surface area contributed by atoms with Crippen LogP contribution in [0, 0.1) is 0 Å². The first-order valence-corrected chi connectivity index (χ1v) is 13.3. The fourth-order valence-corrected chi connectivity index (χ4v) is 6.08. The van der Waals surface area contributed by atoms with Crippen molar-refractivity contribution >= 4 is 40.6 Å². The Hall–Kier alpha value is -1.59. The summed E-state index contributed by atoms with van der Waals surface area (Å²) in [6.45, 7) is -0.0780. The summed E-state index contributed by atoms with van der Waals surface area (Å²) in [6.07, 6.45) is -4.41. The van der Waals surface area contributed by atoms with Gasteiger partial charge in [0, 0.05) is 0 Å². The SMILES string of the molecule is COc1nc(N)nc2c1ncn2C1O[C@H](COP(=O)(O)OP(=O)(O)OP(=O)(O)O)[C@@H](F)[C@@]1(C)O. The topological polar surface area (TPSA) is 268 Å². The lowest BCUT2D eigenvalue weighted by Gasteiger charge is -2.26. The molecule has 34 heavy (non-hydrogen) atoms. The Labute approximate surface area is 188 Å². The summed E-state index contributed by atoms with van der Waals surface area (Å²) in [5.74, 6) is -0.246. The van der Waals surface area contributed by atoms with Crippen molar-refractivity contribution in [3.05, 3.63) is 6.33 Å². The van der Waals surface area contributed by atoms with Gasteiger partial charge in [-0.05, 0) is 6.92 Å². The number of alkyl halides is 1. The number of ether oxygens (including phenoxy) is 2. The third-order valence-electron chi connectivity index (χ3n) is 4.36. The van der Waals surface area contributed by atoms with E-state index >= 15 is 0 Å². The van der Waals surface area contributed by atoms with Crippen LogP contribution in [-0.2, 0) is 31.6 Å². The predicted molar refractivity (Wildman–Crippen MR) is 106 cm³/mol. The van der Waals surface area contributed by atoms with Crippen LogP contribution in [0.1, 0.15) is 13.2 Å². The number of aromatic nitrogens is 4. The predicted octanol–water partition coefficient (Wildman–Crippen LogP) is -0.253. The van der Waals surface area contributed by atoms with E-state index in [9.17, 15) is 28.1 Å². The highest BCUT2D eigenvalue weighted by Gasteiger charge is 2.55. The third-order valence-corrected chi connectivity index (χ3v) is 8.16. The van der Waals surface area contributed by atoms with E-state index in [0.29, 0.717) is 0 Å². The van der Waals surface area contributed by atoms with Gasteiger partial charge in [0.2, 0.25) is 11.8 Å². The molecule has 1 aliphatic rings. The van der Waals surface area contributed by atoms with E-state index in [1.807, 2.05) is 0 Å². The van der Waals surface area contributed by atoms with E-state index in [4.69, 9.17) is 29.9 Å². The average Bonchev–Trinajstić information content (AvgIpc) is 3.15. The van der Waals surface area contributed by atoms with Crippen LogP contribution in [0.25, 0.3) is 11.2 Å². The van der Waals surface area contributed by atoms with Crippen molar-refractivity contribution in [2.24, 2.45) is 0 Å². The zero-order chi connectivity index (χ0) is 25.7. The number of nitrogens with zero attached hydrogens (tertiary/aromatic N) is 4. The number of hydrogen-bond donors (Lipinski definition) is 6. The van der Waals surface area contributed by atoms with Crippen LogP contribution in [0.3, 0.4) is 0 Å². The first-order valence-electron chi connectivity index (χ1n) is 8.80. The molecule has 3 rings (SSSR count). The number of fused-ring (bicyclic) bond motifs is 1. The number of nitrogen functional groups attached to an aromatic ring is 1. The van der Waals surface area contributed by atoms with Gasteiger partial charge in [0.15, 0.2) is 23.6 Å². The first-order chi connectivity index (χ1) is 15.5. The quantitative estimate of drug-likeness (QED) is 0.218. The van der Waals surface area contributed by atoms with Gasteiger partial charge in [-0.25, -0.2) is 23.1 Å². The van der Waals surface area contributed by atoms with Crippen LogP contribution in [0.5, 0.6) is 5.88 Å². The molecule has 0 aromatic carbocycles. The lowest BCUT2D eigenvalue weighted by molar-refractivity contribution is -0.0888. The summed E-state index contributed by atoms with van der Waals surface area (Å²) in [4.78, 5) is 47.6. The van der Waals surface area contributed by atoms with Gasteiger partial charge in [-0.2, -0.15) is 18.6 Å². The van der Waals surface area contributed by atoms with Crippen molar-refractivity contribution in [3.8, 4) is 5.88 Å². The average molecular weight is 553 g/mol. The van der Waals surface area contributed by atoms with Crippen LogP contribution in [0.2, 0.25) is 0 Å². The number of anilines is 1. The number of hydrogen-bond acceptors (Lipinski definition) is 13. The molecule has 18 nitrogen and oxygen atoms in total. The summed E-state index contributed by atoms with van der Waals surface area (Å²) in [6, 6.07) is 0. The Kier molecular flexibility index (Phi) is 7.25. The smallest absolute Gasteiger partial charge is 0.479 e. The van der Waals surface area contributed by atoms with Gasteiger partial charge in [0.25, 0.3) is 0 Å². The largest absolute Gasteiger partial charge is 0.490 e. The van der Waals surface area contributed by atoms with Crippen molar-refractivity contribution in [2.75, 3.05) is 19.5 Å². The van der Waals surface area contributed by atoms with Crippen molar-refractivity contribution in [1.82, 2.24) is 19.5 Å². The molecule has 0 aliphatic carbocycles. The van der Waals surface area contributed by atoms with E-state index in [2.05, 4.69) is 28.1 Å². The lowest BCUT2D eigenvalue weighted by Crippen LogP contribution is -2.41. The summed E-state index contributed by atoms with van der Waals surface area (Å²) < 4.78 is 72.0. The van der Waals surface area contributed by atoms with Gasteiger partial charge in [0.05, 0.1) is 20.0 Å². The Morgan fingerprint density at radius 3 is 2.44 bits per heavy atom. The molecule has 6 atom stereocenters. The number of imidazole rings is 1. The number of phosphoric acid groups is 3. The highest BCUT2D eigenvalue weighted by atomic mass is 31.3. The minimum atomic E-state index is -5.76. The zero-order valence-electron chi connectivity index (χ0n) is 17.1. The monoisotopic (exact) mass is 553 g/mol. The van der Waals surface area contributed by atoms with Gasteiger partial charge < -0.3 is 39.9 Å². The van der Waals surface area contributed by atoms with Crippen LogP contribution in [0.15, 0.2) is 6.33 Å². The number of rotatable bonds is 9. The molecule has 0 bridgehead atoms. The number of phosphoric ester groups is 1. The molecule has 0 saturated carbocycles. The molecule has 2 aromatic heterocycles. The Bertz CT molecular complexity index is 1220. The van der Waals surface area contributed by atoms with Gasteiger partial charge >= 0.3 is 23.5 Å². The van der Waals surface area contributed by atoms with Gasteiger partial charge in [0.1, 0.15) is 11.7 Å². The van der Waals surface area contributed by atoms with E-state index in [1.54, 1.807) is 0 Å². The van der Waals surface area contributed by atoms with Crippen LogP contribution in [0.4, 0.5) is 10.3 Å². The Morgan fingerprint density at radius 2 is 1.85 bits per heavy atom. The van der Waals surface area contributed by atoms with Crippen LogP contribution in [-0.4, -0.2) is 75.8 Å². The third kappa shape index (κ3) is 5.79. The van der Waals surface area contributed by atoms with E-state index in [0.717, 1.165) is 17.8 Å². The second-order valence-corrected chi connectivity index (χ2v) is 11.4. The number of methoxy groups -OCH3 is 1. The second kappa shape index (κ2) is 9.13. The summed E-state index contributed by atoms with van der Waals surface area (Å²) >= 11 is 0. The molecule has 0 spiro atoms. The molecule has 2 aromatic rings. The first kappa shape index (κ1) is 27.0. The fourth-order valence-electron chi connectivity index (χ4n) is 3.05. The molecule has 3 unspecified atom stereocenters. The van der Waals surface area contributed by atoms with Gasteiger partial charge in [-0.15, -0.1) is 0 Å². The minimum Gasteiger partial charge on any atom is -0.479 e. The molecule has 1 aliphatic heterocycles. The van der Waals surface area contributed by atoms with Gasteiger partial charge in [-0.1, -0.05) is 0 Å². The maximum atomic E-state index is 15.0. The molecular formula is C12H19FN5O13P3. The molecule has 192 valence electrons. The van der Waals surface area contributed by atoms with Crippen LogP contribution < -0.4 is 10.5 Å². The Balaban J connectivity index is 1.79. The molecule has 7 N–H and O–H groups in total. The molecule has 0 radical (unpaired) electrons. The standard InChI is InChI=1S/C12H19FN5O13P3/c1-12(19)7(13)5(3-28-33(23,24)31-34(25,26)30-32(20,21)22)29-10(12)18-4-15-6-8(18)16-11(14)17-9(6)27-2/h4-5,7,10,19H,3H2,1-2H3,(H,23,24)(H,25,26)(H2,14,16,17)(H2,20,21,22)/t5-,7-,10?,12-/m1/s1. The maximum Gasteiger partial charge on any atom is 0.490 e. The molecule has 1 fully saturated rings. The van der Waals surface area contributed by atoms with Crippen molar-refractivity contribution in [1.29, 1.82) is 0 Å². The number of aliphatic hydroxyl groups is 1. The lowest BCUT2D eigenvalue weighted by atomic mass is 9.98. The highest BCUT2D eigenvalue weighted by Crippen LogP contribution is 2.66. The summed E-state index contributed by atoms with van der Waals surface area (Å²) in [5.41, 5.74) is 3.43. The number of halogens is 1. The molecule has 0 amide bonds.